The Labute approximate surface area is 106 Å². The van der Waals surface area contributed by atoms with Gasteiger partial charge in [-0.3, -0.25) is 14.8 Å². The summed E-state index contributed by atoms with van der Waals surface area (Å²) in [4.78, 5) is 19.8. The normalized spacial score (nSPS) is 10.0. The Morgan fingerprint density at radius 2 is 1.94 bits per heavy atom. The Bertz CT molecular complexity index is 485. The Morgan fingerprint density at radius 3 is 2.67 bits per heavy atom. The summed E-state index contributed by atoms with van der Waals surface area (Å²) < 4.78 is 0. The van der Waals surface area contributed by atoms with Crippen molar-refractivity contribution in [3.05, 3.63) is 60.2 Å². The Kier molecular flexibility index (Phi) is 4.41. The molecule has 0 saturated carbocycles. The predicted octanol–water partition coefficient (Wildman–Crippen LogP) is 1.84. The fourth-order valence-corrected chi connectivity index (χ4v) is 1.62. The zero-order valence-electron chi connectivity index (χ0n) is 10.0. The van der Waals surface area contributed by atoms with Gasteiger partial charge in [-0.1, -0.05) is 6.07 Å². The van der Waals surface area contributed by atoms with Gasteiger partial charge in [0.15, 0.2) is 0 Å². The third-order valence-corrected chi connectivity index (χ3v) is 2.56. The lowest BCUT2D eigenvalue weighted by Gasteiger charge is -2.04. The minimum Gasteiger partial charge on any atom is -0.352 e. The van der Waals surface area contributed by atoms with Gasteiger partial charge in [0.05, 0.1) is 0 Å². The largest absolute Gasteiger partial charge is 0.352 e. The van der Waals surface area contributed by atoms with Crippen molar-refractivity contribution < 1.29 is 4.79 Å². The maximum atomic E-state index is 11.7. The van der Waals surface area contributed by atoms with E-state index in [0.717, 1.165) is 18.5 Å². The molecular weight excluding hydrogens is 226 g/mol. The molecule has 1 amide bonds. The molecule has 0 fully saturated rings. The van der Waals surface area contributed by atoms with Gasteiger partial charge in [-0.2, -0.15) is 0 Å². The molecule has 18 heavy (non-hydrogen) atoms. The summed E-state index contributed by atoms with van der Waals surface area (Å²) in [6, 6.07) is 9.26. The number of carbonyl (C=O) groups is 1. The van der Waals surface area contributed by atoms with Gasteiger partial charge in [-0.25, -0.2) is 0 Å². The van der Waals surface area contributed by atoms with Crippen LogP contribution in [0.25, 0.3) is 0 Å². The molecule has 0 aliphatic rings. The molecule has 0 aromatic carbocycles. The van der Waals surface area contributed by atoms with E-state index < -0.39 is 0 Å². The molecule has 0 radical (unpaired) electrons. The highest BCUT2D eigenvalue weighted by Gasteiger charge is 2.03. The van der Waals surface area contributed by atoms with Crippen molar-refractivity contribution in [3.63, 3.8) is 0 Å². The molecule has 0 unspecified atom stereocenters. The van der Waals surface area contributed by atoms with Crippen LogP contribution in [0.2, 0.25) is 0 Å². The van der Waals surface area contributed by atoms with Crippen LogP contribution in [0.4, 0.5) is 0 Å². The Balaban J connectivity index is 1.72. The van der Waals surface area contributed by atoms with Gasteiger partial charge >= 0.3 is 0 Å². The third kappa shape index (κ3) is 3.66. The van der Waals surface area contributed by atoms with Gasteiger partial charge in [-0.05, 0) is 37.1 Å². The Morgan fingerprint density at radius 1 is 1.11 bits per heavy atom. The molecule has 2 aromatic rings. The van der Waals surface area contributed by atoms with E-state index in [4.69, 9.17) is 0 Å². The maximum Gasteiger partial charge on any atom is 0.251 e. The van der Waals surface area contributed by atoms with Crippen molar-refractivity contribution in [1.29, 1.82) is 0 Å². The molecule has 0 aliphatic heterocycles. The van der Waals surface area contributed by atoms with Crippen molar-refractivity contribution in [2.45, 2.75) is 12.8 Å². The number of nitrogens with zero attached hydrogens (tertiary/aromatic N) is 2. The number of nitrogens with one attached hydrogen (secondary N) is 1. The summed E-state index contributed by atoms with van der Waals surface area (Å²) in [6.07, 6.45) is 6.77. The second kappa shape index (κ2) is 6.49. The first kappa shape index (κ1) is 12.2. The molecular formula is C14H15N3O. The van der Waals surface area contributed by atoms with Crippen molar-refractivity contribution in [3.8, 4) is 0 Å². The molecule has 4 nitrogen and oxygen atoms in total. The molecule has 0 aliphatic carbocycles. The molecule has 2 heterocycles. The summed E-state index contributed by atoms with van der Waals surface area (Å²) in [6.45, 7) is 0.651. The van der Waals surface area contributed by atoms with Crippen molar-refractivity contribution in [1.82, 2.24) is 15.3 Å². The minimum absolute atomic E-state index is 0.0570. The van der Waals surface area contributed by atoms with E-state index >= 15 is 0 Å². The topological polar surface area (TPSA) is 54.9 Å². The number of aryl methyl sites for hydroxylation is 1. The molecule has 0 atom stereocenters. The molecule has 0 bridgehead atoms. The van der Waals surface area contributed by atoms with Gasteiger partial charge in [-0.15, -0.1) is 0 Å². The standard InChI is InChI=1S/C14H15N3O/c18-14(12-6-10-15-11-7-12)17-9-3-5-13-4-1-2-8-16-13/h1-2,4,6-8,10-11H,3,5,9H2,(H,17,18). The molecule has 92 valence electrons. The number of rotatable bonds is 5. The first-order valence-corrected chi connectivity index (χ1v) is 5.94. The van der Waals surface area contributed by atoms with E-state index in [9.17, 15) is 4.79 Å². The van der Waals surface area contributed by atoms with Crippen LogP contribution < -0.4 is 5.32 Å². The third-order valence-electron chi connectivity index (χ3n) is 2.56. The van der Waals surface area contributed by atoms with Crippen molar-refractivity contribution in [2.75, 3.05) is 6.54 Å². The predicted molar refractivity (Wildman–Crippen MR) is 69.1 cm³/mol. The smallest absolute Gasteiger partial charge is 0.251 e. The lowest BCUT2D eigenvalue weighted by Crippen LogP contribution is -2.24. The highest BCUT2D eigenvalue weighted by atomic mass is 16.1. The quantitative estimate of drug-likeness (QED) is 0.813. The van der Waals surface area contributed by atoms with E-state index in [1.807, 2.05) is 18.2 Å². The van der Waals surface area contributed by atoms with E-state index in [0.29, 0.717) is 12.1 Å². The molecule has 0 spiro atoms. The monoisotopic (exact) mass is 241 g/mol. The highest BCUT2D eigenvalue weighted by Crippen LogP contribution is 1.99. The SMILES string of the molecule is O=C(NCCCc1ccccn1)c1ccncc1. The van der Waals surface area contributed by atoms with E-state index in [-0.39, 0.29) is 5.91 Å². The average molecular weight is 241 g/mol. The number of hydrogen-bond donors (Lipinski definition) is 1. The number of pyridine rings is 2. The highest BCUT2D eigenvalue weighted by molar-refractivity contribution is 5.93. The molecule has 2 aromatic heterocycles. The maximum absolute atomic E-state index is 11.7. The zero-order chi connectivity index (χ0) is 12.6. The minimum atomic E-state index is -0.0570. The van der Waals surface area contributed by atoms with Crippen LogP contribution in [-0.2, 0) is 6.42 Å². The van der Waals surface area contributed by atoms with Crippen LogP contribution in [0.3, 0.4) is 0 Å². The van der Waals surface area contributed by atoms with E-state index in [2.05, 4.69) is 15.3 Å². The first-order chi connectivity index (χ1) is 8.86. The fraction of sp³-hybridized carbons (Fsp3) is 0.214. The summed E-state index contributed by atoms with van der Waals surface area (Å²) in [7, 11) is 0. The van der Waals surface area contributed by atoms with Crippen molar-refractivity contribution in [2.24, 2.45) is 0 Å². The second-order valence-electron chi connectivity index (χ2n) is 3.92. The average Bonchev–Trinajstić information content (AvgIpc) is 2.45. The second-order valence-corrected chi connectivity index (χ2v) is 3.92. The molecule has 1 N–H and O–H groups in total. The van der Waals surface area contributed by atoms with Crippen LogP contribution in [0, 0.1) is 0 Å². The Hall–Kier alpha value is -2.23. The molecule has 2 rings (SSSR count). The van der Waals surface area contributed by atoms with E-state index in [1.54, 1.807) is 30.7 Å². The van der Waals surface area contributed by atoms with Crippen LogP contribution in [0.15, 0.2) is 48.9 Å². The van der Waals surface area contributed by atoms with Gasteiger partial charge in [0.2, 0.25) is 0 Å². The van der Waals surface area contributed by atoms with Crippen molar-refractivity contribution >= 4 is 5.91 Å². The van der Waals surface area contributed by atoms with Gasteiger partial charge < -0.3 is 5.32 Å². The first-order valence-electron chi connectivity index (χ1n) is 5.94. The van der Waals surface area contributed by atoms with Gasteiger partial charge in [0, 0.05) is 36.4 Å². The summed E-state index contributed by atoms with van der Waals surface area (Å²) in [5.41, 5.74) is 1.69. The number of carbonyl (C=O) groups excluding carboxylic acids is 1. The number of hydrogen-bond acceptors (Lipinski definition) is 3. The number of aromatic nitrogens is 2. The summed E-state index contributed by atoms with van der Waals surface area (Å²) in [5.74, 6) is -0.0570. The van der Waals surface area contributed by atoms with E-state index in [1.165, 1.54) is 0 Å². The van der Waals surface area contributed by atoms with Crippen LogP contribution in [0.5, 0.6) is 0 Å². The summed E-state index contributed by atoms with van der Waals surface area (Å²) in [5, 5.41) is 2.87. The molecule has 0 saturated heterocycles. The van der Waals surface area contributed by atoms with Gasteiger partial charge in [0.1, 0.15) is 0 Å². The van der Waals surface area contributed by atoms with Crippen LogP contribution in [0.1, 0.15) is 22.5 Å². The zero-order valence-corrected chi connectivity index (χ0v) is 10.0. The lowest BCUT2D eigenvalue weighted by molar-refractivity contribution is 0.0953. The van der Waals surface area contributed by atoms with Gasteiger partial charge in [0.25, 0.3) is 5.91 Å². The lowest BCUT2D eigenvalue weighted by atomic mass is 10.2. The number of amides is 1. The molecule has 4 heteroatoms. The summed E-state index contributed by atoms with van der Waals surface area (Å²) >= 11 is 0. The van der Waals surface area contributed by atoms with Crippen LogP contribution >= 0.6 is 0 Å². The van der Waals surface area contributed by atoms with Crippen LogP contribution in [-0.4, -0.2) is 22.4 Å². The fourth-order valence-electron chi connectivity index (χ4n) is 1.62.